The fraction of sp³-hybridized carbons (Fsp3) is 0.167. The molecule has 0 saturated carbocycles. The highest BCUT2D eigenvalue weighted by atomic mass is 79.9. The minimum absolute atomic E-state index is 0.367. The molecular weight excluding hydrogens is 284 g/mol. The van der Waals surface area contributed by atoms with E-state index in [9.17, 15) is 4.79 Å². The lowest BCUT2D eigenvalue weighted by atomic mass is 10.1. The second kappa shape index (κ2) is 4.71. The van der Waals surface area contributed by atoms with E-state index in [0.717, 1.165) is 20.9 Å². The number of nitrogens with one attached hydrogen (secondary N) is 1. The molecule has 2 aromatic rings. The molecule has 17 heavy (non-hydrogen) atoms. The summed E-state index contributed by atoms with van der Waals surface area (Å²) < 4.78 is 5.59. The number of aromatic nitrogens is 1. The molecule has 0 saturated heterocycles. The zero-order chi connectivity index (χ0) is 12.4. The number of ether oxygens (including phenoxy) is 1. The third-order valence-electron chi connectivity index (χ3n) is 2.54. The number of carbonyl (C=O) groups excluding carboxylic acids is 1. The van der Waals surface area contributed by atoms with E-state index in [1.807, 2.05) is 6.07 Å². The van der Waals surface area contributed by atoms with Gasteiger partial charge in [0.2, 0.25) is 0 Å². The minimum Gasteiger partial charge on any atom is -0.465 e. The number of halogens is 1. The molecule has 2 rings (SSSR count). The van der Waals surface area contributed by atoms with Gasteiger partial charge in [0.1, 0.15) is 0 Å². The van der Waals surface area contributed by atoms with Crippen LogP contribution in [0.3, 0.4) is 0 Å². The first kappa shape index (κ1) is 11.9. The van der Waals surface area contributed by atoms with Crippen molar-refractivity contribution in [1.29, 1.82) is 0 Å². The number of hydrogen-bond acceptors (Lipinski definition) is 4. The van der Waals surface area contributed by atoms with Gasteiger partial charge in [-0.15, -0.1) is 0 Å². The van der Waals surface area contributed by atoms with Crippen molar-refractivity contribution in [2.45, 2.75) is 0 Å². The quantitative estimate of drug-likeness (QED) is 0.866. The summed E-state index contributed by atoms with van der Waals surface area (Å²) in [5.74, 6) is -0.367. The van der Waals surface area contributed by atoms with Crippen LogP contribution in [0.1, 0.15) is 10.4 Å². The Balaban J connectivity index is 2.82. The maximum atomic E-state index is 11.7. The molecule has 0 spiro atoms. The van der Waals surface area contributed by atoms with Crippen molar-refractivity contribution >= 4 is 38.4 Å². The molecule has 88 valence electrons. The van der Waals surface area contributed by atoms with E-state index in [4.69, 9.17) is 4.74 Å². The Hall–Kier alpha value is -1.62. The molecule has 1 heterocycles. The SMILES string of the molecule is CNc1c(C(=O)OC)cc(Br)c2cnccc12. The maximum Gasteiger partial charge on any atom is 0.340 e. The van der Waals surface area contributed by atoms with Gasteiger partial charge >= 0.3 is 5.97 Å². The lowest BCUT2D eigenvalue weighted by molar-refractivity contribution is 0.0602. The Morgan fingerprint density at radius 1 is 1.47 bits per heavy atom. The van der Waals surface area contributed by atoms with Gasteiger partial charge in [-0.2, -0.15) is 0 Å². The van der Waals surface area contributed by atoms with E-state index in [-0.39, 0.29) is 5.97 Å². The highest BCUT2D eigenvalue weighted by Crippen LogP contribution is 2.33. The average molecular weight is 295 g/mol. The molecule has 0 amide bonds. The van der Waals surface area contributed by atoms with Gasteiger partial charge in [-0.1, -0.05) is 15.9 Å². The predicted molar refractivity (Wildman–Crippen MR) is 70.3 cm³/mol. The Bertz CT molecular complexity index is 584. The molecular formula is C12H11BrN2O2. The van der Waals surface area contributed by atoms with E-state index in [1.54, 1.807) is 25.5 Å². The van der Waals surface area contributed by atoms with Gasteiger partial charge < -0.3 is 10.1 Å². The topological polar surface area (TPSA) is 51.2 Å². The largest absolute Gasteiger partial charge is 0.465 e. The highest BCUT2D eigenvalue weighted by molar-refractivity contribution is 9.10. The monoisotopic (exact) mass is 294 g/mol. The van der Waals surface area contributed by atoms with Crippen LogP contribution in [0, 0.1) is 0 Å². The summed E-state index contributed by atoms with van der Waals surface area (Å²) in [7, 11) is 3.14. The van der Waals surface area contributed by atoms with Crippen molar-refractivity contribution in [2.75, 3.05) is 19.5 Å². The Kier molecular flexibility index (Phi) is 3.28. The van der Waals surface area contributed by atoms with E-state index >= 15 is 0 Å². The molecule has 1 N–H and O–H groups in total. The maximum absolute atomic E-state index is 11.7. The molecule has 0 aliphatic carbocycles. The predicted octanol–water partition coefficient (Wildman–Crippen LogP) is 2.83. The summed E-state index contributed by atoms with van der Waals surface area (Å²) in [5.41, 5.74) is 1.25. The summed E-state index contributed by atoms with van der Waals surface area (Å²) in [5, 5.41) is 4.91. The number of nitrogens with zero attached hydrogens (tertiary/aromatic N) is 1. The summed E-state index contributed by atoms with van der Waals surface area (Å²) >= 11 is 3.43. The van der Waals surface area contributed by atoms with Gasteiger partial charge in [0.05, 0.1) is 18.4 Å². The number of esters is 1. The second-order valence-corrected chi connectivity index (χ2v) is 4.30. The summed E-state index contributed by atoms with van der Waals surface area (Å²) in [4.78, 5) is 15.8. The lowest BCUT2D eigenvalue weighted by Gasteiger charge is -2.12. The van der Waals surface area contributed by atoms with Crippen LogP contribution in [-0.4, -0.2) is 25.1 Å². The van der Waals surface area contributed by atoms with E-state index in [0.29, 0.717) is 5.56 Å². The number of rotatable bonds is 2. The molecule has 1 aromatic heterocycles. The number of methoxy groups -OCH3 is 1. The Morgan fingerprint density at radius 3 is 2.88 bits per heavy atom. The van der Waals surface area contributed by atoms with Gasteiger partial charge in [0.25, 0.3) is 0 Å². The van der Waals surface area contributed by atoms with Crippen LogP contribution in [0.4, 0.5) is 5.69 Å². The van der Waals surface area contributed by atoms with Crippen molar-refractivity contribution in [3.05, 3.63) is 34.6 Å². The number of fused-ring (bicyclic) bond motifs is 1. The molecule has 4 nitrogen and oxygen atoms in total. The molecule has 0 radical (unpaired) electrons. The first-order chi connectivity index (χ1) is 8.19. The average Bonchev–Trinajstić information content (AvgIpc) is 2.38. The Morgan fingerprint density at radius 2 is 2.24 bits per heavy atom. The summed E-state index contributed by atoms with van der Waals surface area (Å²) in [6.07, 6.45) is 3.44. The van der Waals surface area contributed by atoms with E-state index in [1.165, 1.54) is 7.11 Å². The number of anilines is 1. The van der Waals surface area contributed by atoms with Crippen LogP contribution >= 0.6 is 15.9 Å². The fourth-order valence-corrected chi connectivity index (χ4v) is 2.31. The molecule has 0 aliphatic rings. The van der Waals surface area contributed by atoms with Gasteiger partial charge in [0, 0.05) is 34.7 Å². The fourth-order valence-electron chi connectivity index (χ4n) is 1.76. The molecule has 0 unspecified atom stereocenters. The van der Waals surface area contributed by atoms with Gasteiger partial charge in [-0.3, -0.25) is 4.98 Å². The third kappa shape index (κ3) is 1.98. The number of carbonyl (C=O) groups is 1. The molecule has 0 bridgehead atoms. The lowest BCUT2D eigenvalue weighted by Crippen LogP contribution is -2.06. The summed E-state index contributed by atoms with van der Waals surface area (Å²) in [6, 6.07) is 3.60. The normalized spacial score (nSPS) is 10.3. The first-order valence-corrected chi connectivity index (χ1v) is 5.80. The van der Waals surface area contributed by atoms with Crippen molar-refractivity contribution in [3.63, 3.8) is 0 Å². The minimum atomic E-state index is -0.367. The van der Waals surface area contributed by atoms with Crippen LogP contribution in [-0.2, 0) is 4.74 Å². The van der Waals surface area contributed by atoms with Crippen molar-refractivity contribution in [3.8, 4) is 0 Å². The number of pyridine rings is 1. The van der Waals surface area contributed by atoms with Crippen LogP contribution in [0.25, 0.3) is 10.8 Å². The molecule has 5 heteroatoms. The highest BCUT2D eigenvalue weighted by Gasteiger charge is 2.16. The second-order valence-electron chi connectivity index (χ2n) is 3.44. The smallest absolute Gasteiger partial charge is 0.340 e. The van der Waals surface area contributed by atoms with Crippen LogP contribution < -0.4 is 5.32 Å². The van der Waals surface area contributed by atoms with Crippen molar-refractivity contribution < 1.29 is 9.53 Å². The number of benzene rings is 1. The molecule has 1 aromatic carbocycles. The van der Waals surface area contributed by atoms with Crippen LogP contribution in [0.2, 0.25) is 0 Å². The third-order valence-corrected chi connectivity index (χ3v) is 3.20. The number of hydrogen-bond donors (Lipinski definition) is 1. The zero-order valence-corrected chi connectivity index (χ0v) is 11.0. The van der Waals surface area contributed by atoms with E-state index < -0.39 is 0 Å². The van der Waals surface area contributed by atoms with Crippen molar-refractivity contribution in [2.24, 2.45) is 0 Å². The summed E-state index contributed by atoms with van der Waals surface area (Å²) in [6.45, 7) is 0. The van der Waals surface area contributed by atoms with Gasteiger partial charge in [0.15, 0.2) is 0 Å². The van der Waals surface area contributed by atoms with Gasteiger partial charge in [-0.05, 0) is 12.1 Å². The van der Waals surface area contributed by atoms with Crippen molar-refractivity contribution in [1.82, 2.24) is 4.98 Å². The molecule has 0 fully saturated rings. The first-order valence-electron chi connectivity index (χ1n) is 5.01. The Labute approximate surface area is 107 Å². The van der Waals surface area contributed by atoms with E-state index in [2.05, 4.69) is 26.2 Å². The van der Waals surface area contributed by atoms with Gasteiger partial charge in [-0.25, -0.2) is 4.79 Å². The van der Waals surface area contributed by atoms with Crippen LogP contribution in [0.5, 0.6) is 0 Å². The zero-order valence-electron chi connectivity index (χ0n) is 9.45. The molecule has 0 atom stereocenters. The standard InChI is InChI=1S/C12H11BrN2O2/c1-14-11-7-3-4-15-6-9(7)10(13)5-8(11)12(16)17-2/h3-6,14H,1-2H3. The molecule has 0 aliphatic heterocycles. The van der Waals surface area contributed by atoms with Crippen LogP contribution in [0.15, 0.2) is 29.0 Å².